The second kappa shape index (κ2) is 6.82. The molecule has 94 valence electrons. The molecule has 0 radical (unpaired) electrons. The third-order valence-corrected chi connectivity index (χ3v) is 2.79. The molecule has 1 N–H and O–H groups in total. The van der Waals surface area contributed by atoms with E-state index in [-0.39, 0.29) is 16.0 Å². The molecule has 0 aliphatic carbocycles. The molecule has 1 aromatic rings. The third-order valence-electron chi connectivity index (χ3n) is 2.25. The fraction of sp³-hybridized carbons (Fsp3) is 0.417. The van der Waals surface area contributed by atoms with Gasteiger partial charge in [-0.05, 0) is 31.9 Å². The smallest absolute Gasteiger partial charge is 0.255 e. The predicted molar refractivity (Wildman–Crippen MR) is 68.3 cm³/mol. The van der Waals surface area contributed by atoms with Crippen LogP contribution in [-0.2, 0) is 0 Å². The van der Waals surface area contributed by atoms with Gasteiger partial charge in [0.15, 0.2) is 0 Å². The van der Waals surface area contributed by atoms with E-state index in [1.54, 1.807) is 0 Å². The van der Waals surface area contributed by atoms with Crippen molar-refractivity contribution in [2.24, 2.45) is 0 Å². The number of halogens is 3. The second-order valence-corrected chi connectivity index (χ2v) is 4.93. The molecule has 0 spiro atoms. The monoisotopic (exact) mass is 277 g/mol. The first-order valence-electron chi connectivity index (χ1n) is 5.38. The third kappa shape index (κ3) is 4.52. The number of nitrogens with one attached hydrogen (secondary N) is 1. The van der Waals surface area contributed by atoms with Gasteiger partial charge in [0.1, 0.15) is 5.82 Å². The van der Waals surface area contributed by atoms with Crippen LogP contribution in [0.25, 0.3) is 0 Å². The molecule has 1 rings (SSSR count). The Labute approximate surface area is 110 Å². The molecule has 1 amide bonds. The summed E-state index contributed by atoms with van der Waals surface area (Å²) in [5, 5.41) is 2.81. The highest BCUT2D eigenvalue weighted by Gasteiger charge is 2.14. The van der Waals surface area contributed by atoms with Gasteiger partial charge in [-0.1, -0.05) is 17.7 Å². The first-order chi connectivity index (χ1) is 8.02. The zero-order chi connectivity index (χ0) is 12.8. The summed E-state index contributed by atoms with van der Waals surface area (Å²) >= 11 is 11.5. The van der Waals surface area contributed by atoms with Crippen molar-refractivity contribution in [2.45, 2.75) is 25.1 Å². The van der Waals surface area contributed by atoms with E-state index in [1.807, 2.05) is 6.92 Å². The van der Waals surface area contributed by atoms with Gasteiger partial charge in [0.2, 0.25) is 0 Å². The largest absolute Gasteiger partial charge is 0.352 e. The van der Waals surface area contributed by atoms with Gasteiger partial charge in [0, 0.05) is 11.9 Å². The maximum absolute atomic E-state index is 13.4. The minimum Gasteiger partial charge on any atom is -0.352 e. The number of hydrogen-bond donors (Lipinski definition) is 1. The normalized spacial score (nSPS) is 12.2. The average molecular weight is 278 g/mol. The second-order valence-electron chi connectivity index (χ2n) is 3.78. The molecule has 17 heavy (non-hydrogen) atoms. The highest BCUT2D eigenvalue weighted by molar-refractivity contribution is 6.33. The van der Waals surface area contributed by atoms with Gasteiger partial charge in [0.25, 0.3) is 5.91 Å². The van der Waals surface area contributed by atoms with Crippen molar-refractivity contribution >= 4 is 29.1 Å². The average Bonchev–Trinajstić information content (AvgIpc) is 2.24. The first-order valence-corrected chi connectivity index (χ1v) is 6.20. The van der Waals surface area contributed by atoms with Crippen LogP contribution >= 0.6 is 23.2 Å². The summed E-state index contributed by atoms with van der Waals surface area (Å²) in [7, 11) is 0. The van der Waals surface area contributed by atoms with Crippen LogP contribution in [0.5, 0.6) is 0 Å². The summed E-state index contributed by atoms with van der Waals surface area (Å²) in [5.41, 5.74) is -0.104. The van der Waals surface area contributed by atoms with Crippen molar-refractivity contribution in [3.8, 4) is 0 Å². The predicted octanol–water partition coefficient (Wildman–Crippen LogP) is 3.62. The van der Waals surface area contributed by atoms with Gasteiger partial charge in [-0.15, -0.1) is 11.6 Å². The van der Waals surface area contributed by atoms with E-state index in [4.69, 9.17) is 23.2 Å². The van der Waals surface area contributed by atoms with E-state index in [0.29, 0.717) is 6.54 Å². The molecule has 1 atom stereocenters. The van der Waals surface area contributed by atoms with Crippen molar-refractivity contribution < 1.29 is 9.18 Å². The van der Waals surface area contributed by atoms with E-state index in [2.05, 4.69) is 5.32 Å². The molecule has 0 aliphatic heterocycles. The maximum atomic E-state index is 13.4. The van der Waals surface area contributed by atoms with Crippen LogP contribution in [0.1, 0.15) is 30.1 Å². The van der Waals surface area contributed by atoms with E-state index >= 15 is 0 Å². The van der Waals surface area contributed by atoms with E-state index in [1.165, 1.54) is 18.2 Å². The standard InChI is InChI=1S/C12H14Cl2FNO/c1-8(13)4-3-7-16-12(17)11-9(14)5-2-6-10(11)15/h2,5-6,8H,3-4,7H2,1H3,(H,16,17). The van der Waals surface area contributed by atoms with Gasteiger partial charge in [-0.2, -0.15) is 0 Å². The molecule has 1 unspecified atom stereocenters. The molecule has 0 saturated heterocycles. The number of benzene rings is 1. The van der Waals surface area contributed by atoms with Gasteiger partial charge >= 0.3 is 0 Å². The molecular weight excluding hydrogens is 264 g/mol. The number of hydrogen-bond acceptors (Lipinski definition) is 1. The highest BCUT2D eigenvalue weighted by Crippen LogP contribution is 2.18. The molecular formula is C12H14Cl2FNO. The van der Waals surface area contributed by atoms with E-state index in [9.17, 15) is 9.18 Å². The summed E-state index contributed by atoms with van der Waals surface area (Å²) in [5.74, 6) is -1.10. The Morgan fingerprint density at radius 3 is 2.82 bits per heavy atom. The van der Waals surface area contributed by atoms with Crippen molar-refractivity contribution in [2.75, 3.05) is 6.54 Å². The summed E-state index contributed by atoms with van der Waals surface area (Å²) in [6, 6.07) is 4.16. The SMILES string of the molecule is CC(Cl)CCCNC(=O)c1c(F)cccc1Cl. The van der Waals surface area contributed by atoms with Crippen molar-refractivity contribution in [3.63, 3.8) is 0 Å². The lowest BCUT2D eigenvalue weighted by Crippen LogP contribution is -2.26. The Hall–Kier alpha value is -0.800. The lowest BCUT2D eigenvalue weighted by molar-refractivity contribution is 0.0949. The van der Waals surface area contributed by atoms with Crippen LogP contribution in [0, 0.1) is 5.82 Å². The van der Waals surface area contributed by atoms with E-state index < -0.39 is 11.7 Å². The Bertz CT molecular complexity index is 376. The fourth-order valence-electron chi connectivity index (χ4n) is 1.39. The summed E-state index contributed by atoms with van der Waals surface area (Å²) < 4.78 is 13.4. The Kier molecular flexibility index (Phi) is 5.72. The number of carbonyl (C=O) groups is 1. The van der Waals surface area contributed by atoms with Crippen LogP contribution in [0.4, 0.5) is 4.39 Å². The molecule has 0 saturated carbocycles. The van der Waals surface area contributed by atoms with Gasteiger partial charge < -0.3 is 5.32 Å². The Morgan fingerprint density at radius 2 is 2.24 bits per heavy atom. The van der Waals surface area contributed by atoms with E-state index in [0.717, 1.165) is 12.8 Å². The maximum Gasteiger partial charge on any atom is 0.255 e. The number of alkyl halides is 1. The lowest BCUT2D eigenvalue weighted by atomic mass is 10.2. The number of carbonyl (C=O) groups excluding carboxylic acids is 1. The van der Waals surface area contributed by atoms with Crippen LogP contribution in [-0.4, -0.2) is 17.8 Å². The minimum absolute atomic E-state index is 0.0731. The summed E-state index contributed by atoms with van der Waals surface area (Å²) in [6.45, 7) is 2.34. The van der Waals surface area contributed by atoms with Gasteiger partial charge in [-0.3, -0.25) is 4.79 Å². The van der Waals surface area contributed by atoms with Gasteiger partial charge in [0.05, 0.1) is 10.6 Å². The zero-order valence-electron chi connectivity index (χ0n) is 9.47. The molecule has 0 fully saturated rings. The quantitative estimate of drug-likeness (QED) is 0.647. The van der Waals surface area contributed by atoms with Crippen molar-refractivity contribution in [1.29, 1.82) is 0 Å². The van der Waals surface area contributed by atoms with Crippen molar-refractivity contribution in [1.82, 2.24) is 5.32 Å². The number of rotatable bonds is 5. The fourth-order valence-corrected chi connectivity index (χ4v) is 1.79. The molecule has 0 aliphatic rings. The zero-order valence-corrected chi connectivity index (χ0v) is 11.0. The molecule has 0 aromatic heterocycles. The molecule has 1 aromatic carbocycles. The van der Waals surface area contributed by atoms with Crippen LogP contribution < -0.4 is 5.32 Å². The van der Waals surface area contributed by atoms with Gasteiger partial charge in [-0.25, -0.2) is 4.39 Å². The Morgan fingerprint density at radius 1 is 1.53 bits per heavy atom. The molecule has 2 nitrogen and oxygen atoms in total. The highest BCUT2D eigenvalue weighted by atomic mass is 35.5. The van der Waals surface area contributed by atoms with Crippen molar-refractivity contribution in [3.05, 3.63) is 34.6 Å². The van der Waals surface area contributed by atoms with Crippen LogP contribution in [0.3, 0.4) is 0 Å². The molecule has 0 bridgehead atoms. The summed E-state index contributed by atoms with van der Waals surface area (Å²) in [4.78, 5) is 11.7. The lowest BCUT2D eigenvalue weighted by Gasteiger charge is -2.08. The number of amides is 1. The Balaban J connectivity index is 2.53. The molecule has 5 heteroatoms. The van der Waals surface area contributed by atoms with Crippen LogP contribution in [0.15, 0.2) is 18.2 Å². The minimum atomic E-state index is -0.610. The topological polar surface area (TPSA) is 29.1 Å². The summed E-state index contributed by atoms with van der Waals surface area (Å²) in [6.07, 6.45) is 1.55. The molecule has 0 heterocycles. The van der Waals surface area contributed by atoms with Crippen LogP contribution in [0.2, 0.25) is 5.02 Å². The first kappa shape index (κ1) is 14.3.